The van der Waals surface area contributed by atoms with Gasteiger partial charge < -0.3 is 10.7 Å². The van der Waals surface area contributed by atoms with Gasteiger partial charge in [0.25, 0.3) is 10.1 Å². The van der Waals surface area contributed by atoms with Gasteiger partial charge in [-0.25, -0.2) is 0 Å². The Morgan fingerprint density at radius 1 is 0.812 bits per heavy atom. The van der Waals surface area contributed by atoms with Gasteiger partial charge in [-0.2, -0.15) is 8.42 Å². The Labute approximate surface area is 188 Å². The van der Waals surface area contributed by atoms with E-state index in [9.17, 15) is 8.42 Å². The van der Waals surface area contributed by atoms with E-state index in [0.717, 1.165) is 16.9 Å². The molecular formula is C26H24N2O3S. The lowest BCUT2D eigenvalue weighted by molar-refractivity contribution is 0.483. The Morgan fingerprint density at radius 3 is 1.78 bits per heavy atom. The number of allylic oxidation sites excluding steroid dienone is 4. The van der Waals surface area contributed by atoms with Gasteiger partial charge in [-0.3, -0.25) is 4.55 Å². The summed E-state index contributed by atoms with van der Waals surface area (Å²) in [5, 5.41) is 11.1. The summed E-state index contributed by atoms with van der Waals surface area (Å²) in [6.45, 7) is 2.07. The van der Waals surface area contributed by atoms with Crippen molar-refractivity contribution in [3.63, 3.8) is 0 Å². The number of anilines is 2. The molecule has 0 radical (unpaired) electrons. The minimum atomic E-state index is -4.20. The third-order valence-corrected chi connectivity index (χ3v) is 6.40. The first-order valence-electron chi connectivity index (χ1n) is 10.3. The summed E-state index contributed by atoms with van der Waals surface area (Å²) in [7, 11) is -4.20. The van der Waals surface area contributed by atoms with E-state index in [1.54, 1.807) is 12.1 Å². The van der Waals surface area contributed by atoms with Crippen LogP contribution in [0.2, 0.25) is 0 Å². The average Bonchev–Trinajstić information content (AvgIpc) is 2.77. The zero-order valence-electron chi connectivity index (χ0n) is 17.6. The molecule has 1 aliphatic carbocycles. The van der Waals surface area contributed by atoms with E-state index in [2.05, 4.69) is 60.8 Å². The molecule has 4 rings (SSSR count). The lowest BCUT2D eigenvalue weighted by Gasteiger charge is -2.25. The van der Waals surface area contributed by atoms with Gasteiger partial charge in [0.15, 0.2) is 0 Å². The Morgan fingerprint density at radius 2 is 1.28 bits per heavy atom. The van der Waals surface area contributed by atoms with Crippen LogP contribution in [0.4, 0.5) is 11.4 Å². The van der Waals surface area contributed by atoms with Crippen LogP contribution in [0.5, 0.6) is 0 Å². The molecule has 5 nitrogen and oxygen atoms in total. The zero-order valence-corrected chi connectivity index (χ0v) is 18.4. The molecule has 0 spiro atoms. The van der Waals surface area contributed by atoms with Crippen LogP contribution in [0.1, 0.15) is 22.6 Å². The molecule has 0 bridgehead atoms. The predicted octanol–water partition coefficient (Wildman–Crippen LogP) is 5.88. The van der Waals surface area contributed by atoms with Crippen molar-refractivity contribution in [1.82, 2.24) is 0 Å². The van der Waals surface area contributed by atoms with Gasteiger partial charge in [0, 0.05) is 23.2 Å². The highest BCUT2D eigenvalue weighted by atomic mass is 32.2. The molecule has 0 saturated carbocycles. The summed E-state index contributed by atoms with van der Waals surface area (Å²) in [5.74, 6) is 0.276. The van der Waals surface area contributed by atoms with Crippen LogP contribution in [-0.4, -0.2) is 18.7 Å². The van der Waals surface area contributed by atoms with Crippen LogP contribution in [0.25, 0.3) is 0 Å². The van der Waals surface area contributed by atoms with Crippen molar-refractivity contribution in [3.05, 3.63) is 114 Å². The lowest BCUT2D eigenvalue weighted by Crippen LogP contribution is -2.13. The van der Waals surface area contributed by atoms with Crippen LogP contribution in [0.3, 0.4) is 0 Å². The largest absolute Gasteiger partial charge is 0.356 e. The highest BCUT2D eigenvalue weighted by molar-refractivity contribution is 7.85. The van der Waals surface area contributed by atoms with Gasteiger partial charge in [-0.15, -0.1) is 0 Å². The molecule has 1 atom stereocenters. The van der Waals surface area contributed by atoms with E-state index < -0.39 is 10.1 Å². The van der Waals surface area contributed by atoms with Gasteiger partial charge in [-0.1, -0.05) is 54.1 Å². The zero-order chi connectivity index (χ0) is 22.7. The summed E-state index contributed by atoms with van der Waals surface area (Å²) in [5.41, 5.74) is 5.68. The van der Waals surface area contributed by atoms with E-state index in [4.69, 9.17) is 9.96 Å². The molecule has 0 amide bonds. The minimum Gasteiger partial charge on any atom is -0.356 e. The fourth-order valence-corrected chi connectivity index (χ4v) is 4.31. The molecule has 3 N–H and O–H groups in total. The molecule has 32 heavy (non-hydrogen) atoms. The van der Waals surface area contributed by atoms with Gasteiger partial charge in [0.1, 0.15) is 0 Å². The van der Waals surface area contributed by atoms with Crippen molar-refractivity contribution in [2.75, 3.05) is 5.32 Å². The van der Waals surface area contributed by atoms with Gasteiger partial charge in [0.2, 0.25) is 0 Å². The monoisotopic (exact) mass is 444 g/mol. The second-order valence-corrected chi connectivity index (χ2v) is 9.31. The highest BCUT2D eigenvalue weighted by Crippen LogP contribution is 2.36. The molecule has 0 fully saturated rings. The Kier molecular flexibility index (Phi) is 6.08. The van der Waals surface area contributed by atoms with Crippen molar-refractivity contribution in [3.8, 4) is 0 Å². The Balaban J connectivity index is 1.59. The summed E-state index contributed by atoms with van der Waals surface area (Å²) in [6.07, 6.45) is 7.85. The topological polar surface area (TPSA) is 90.2 Å². The predicted molar refractivity (Wildman–Crippen MR) is 129 cm³/mol. The molecule has 1 unspecified atom stereocenters. The second kappa shape index (κ2) is 8.94. The molecular weight excluding hydrogens is 420 g/mol. The maximum atomic E-state index is 11.2. The van der Waals surface area contributed by atoms with Gasteiger partial charge in [-0.05, 0) is 66.6 Å². The number of hydrogen-bond donors (Lipinski definition) is 3. The average molecular weight is 445 g/mol. The molecule has 3 aromatic rings. The van der Waals surface area contributed by atoms with E-state index in [-0.39, 0.29) is 16.7 Å². The van der Waals surface area contributed by atoms with Crippen LogP contribution in [-0.2, 0) is 10.1 Å². The lowest BCUT2D eigenvalue weighted by atomic mass is 9.78. The molecule has 6 heteroatoms. The van der Waals surface area contributed by atoms with Crippen molar-refractivity contribution in [1.29, 1.82) is 5.41 Å². The summed E-state index contributed by atoms with van der Waals surface area (Å²) in [6, 6.07) is 22.6. The third-order valence-electron chi connectivity index (χ3n) is 5.53. The third kappa shape index (κ3) is 5.04. The first-order valence-corrected chi connectivity index (χ1v) is 11.7. The molecule has 0 aliphatic heterocycles. The molecule has 0 heterocycles. The van der Waals surface area contributed by atoms with Crippen LogP contribution < -0.4 is 5.32 Å². The number of aryl methyl sites for hydroxylation is 1. The van der Waals surface area contributed by atoms with E-state index >= 15 is 0 Å². The van der Waals surface area contributed by atoms with Gasteiger partial charge in [0.05, 0.1) is 10.6 Å². The quantitative estimate of drug-likeness (QED) is 0.414. The number of hydrogen-bond acceptors (Lipinski definition) is 4. The van der Waals surface area contributed by atoms with Crippen LogP contribution in [0.15, 0.2) is 102 Å². The fraction of sp³-hybridized carbons (Fsp3) is 0.115. The van der Waals surface area contributed by atoms with Gasteiger partial charge >= 0.3 is 0 Å². The molecule has 0 aromatic heterocycles. The second-order valence-electron chi connectivity index (χ2n) is 7.89. The number of nitrogens with one attached hydrogen (secondary N) is 2. The number of benzene rings is 3. The van der Waals surface area contributed by atoms with Crippen molar-refractivity contribution < 1.29 is 13.0 Å². The van der Waals surface area contributed by atoms with Crippen molar-refractivity contribution in [2.24, 2.45) is 5.92 Å². The first kappa shape index (κ1) is 21.7. The molecule has 3 aromatic carbocycles. The summed E-state index contributed by atoms with van der Waals surface area (Å²) >= 11 is 0. The standard InChI is InChI=1S/C26H24N2O3S/c1-18-2-4-19(5-3-18)26(20-6-10-22(27)11-7-20)21-8-12-23(13-9-21)28-24-14-16-25(17-15-24)32(29,30)31/h2-17,20,26-28H,1H3,(H,29,30,31). The molecule has 0 saturated heterocycles. The smallest absolute Gasteiger partial charge is 0.294 e. The number of rotatable bonds is 6. The van der Waals surface area contributed by atoms with E-state index in [1.165, 1.54) is 23.3 Å². The van der Waals surface area contributed by atoms with E-state index in [1.807, 2.05) is 24.3 Å². The Hall–Kier alpha value is -3.48. The first-order chi connectivity index (χ1) is 15.3. The summed E-state index contributed by atoms with van der Waals surface area (Å²) in [4.78, 5) is -0.138. The van der Waals surface area contributed by atoms with Crippen LogP contribution >= 0.6 is 0 Å². The molecule has 162 valence electrons. The normalized spacial score (nSPS) is 16.7. The SMILES string of the molecule is Cc1ccc(C(c2ccc(Nc3ccc(S(=O)(=O)O)cc3)cc2)C2C=CC(=N)C=C2)cc1. The summed E-state index contributed by atoms with van der Waals surface area (Å²) < 4.78 is 31.5. The minimum absolute atomic E-state index is 0.124. The Bertz CT molecular complexity index is 1260. The van der Waals surface area contributed by atoms with Crippen molar-refractivity contribution >= 4 is 27.2 Å². The maximum Gasteiger partial charge on any atom is 0.294 e. The fourth-order valence-electron chi connectivity index (χ4n) is 3.83. The highest BCUT2D eigenvalue weighted by Gasteiger charge is 2.22. The van der Waals surface area contributed by atoms with E-state index in [0.29, 0.717) is 5.71 Å². The van der Waals surface area contributed by atoms with Crippen molar-refractivity contribution in [2.45, 2.75) is 17.7 Å². The molecule has 1 aliphatic rings. The maximum absolute atomic E-state index is 11.2. The van der Waals surface area contributed by atoms with Crippen LogP contribution in [0, 0.1) is 18.3 Å².